The van der Waals surface area contributed by atoms with Crippen LogP contribution in [0.25, 0.3) is 0 Å². The first-order valence-electron chi connectivity index (χ1n) is 11.6. The van der Waals surface area contributed by atoms with E-state index in [0.29, 0.717) is 24.5 Å². The number of rotatable bonds is 3. The van der Waals surface area contributed by atoms with Crippen LogP contribution in [0, 0.1) is 28.6 Å². The van der Waals surface area contributed by atoms with Crippen LogP contribution >= 0.6 is 0 Å². The molecule has 7 nitrogen and oxygen atoms in total. The molecule has 7 heteroatoms. The van der Waals surface area contributed by atoms with Crippen molar-refractivity contribution in [3.63, 3.8) is 0 Å². The molecule has 0 radical (unpaired) electrons. The second-order valence-electron chi connectivity index (χ2n) is 10.2. The number of fused-ring (bicyclic) bond motifs is 5. The first kappa shape index (κ1) is 22.9. The van der Waals surface area contributed by atoms with Crippen molar-refractivity contribution in [2.45, 2.75) is 71.5 Å². The summed E-state index contributed by atoms with van der Waals surface area (Å²) in [6, 6.07) is 0. The fraction of sp³-hybridized carbons (Fsp3) is 0.720. The molecule has 0 aliphatic heterocycles. The van der Waals surface area contributed by atoms with Gasteiger partial charge in [0, 0.05) is 24.2 Å². The highest BCUT2D eigenvalue weighted by Crippen LogP contribution is 2.65. The quantitative estimate of drug-likeness (QED) is 0.565. The summed E-state index contributed by atoms with van der Waals surface area (Å²) in [4.78, 5) is 36.2. The van der Waals surface area contributed by atoms with E-state index >= 15 is 0 Å². The molecule has 7 atom stereocenters. The molecule has 0 N–H and O–H groups in total. The topological polar surface area (TPSA) is 88.1 Å². The molecule has 3 saturated carbocycles. The van der Waals surface area contributed by atoms with Gasteiger partial charge in [-0.1, -0.05) is 37.1 Å². The van der Waals surface area contributed by atoms with E-state index in [-0.39, 0.29) is 17.3 Å². The molecule has 0 bridgehead atoms. The molecule has 0 spiro atoms. The van der Waals surface area contributed by atoms with Gasteiger partial charge < -0.3 is 18.9 Å². The summed E-state index contributed by atoms with van der Waals surface area (Å²) in [6.45, 7) is 6.17. The lowest BCUT2D eigenvalue weighted by atomic mass is 9.49. The van der Waals surface area contributed by atoms with Crippen molar-refractivity contribution < 1.29 is 33.3 Å². The van der Waals surface area contributed by atoms with Crippen LogP contribution in [0.5, 0.6) is 0 Å². The first-order chi connectivity index (χ1) is 15.1. The Labute approximate surface area is 189 Å². The van der Waals surface area contributed by atoms with E-state index in [2.05, 4.69) is 30.7 Å². The maximum Gasteiger partial charge on any atom is 0.508 e. The lowest BCUT2D eigenvalue weighted by Gasteiger charge is -2.56. The Balaban J connectivity index is 1.70. The highest BCUT2D eigenvalue weighted by atomic mass is 16.7. The summed E-state index contributed by atoms with van der Waals surface area (Å²) in [5, 5.41) is 0. The number of carbonyl (C=O) groups excluding carboxylic acids is 3. The predicted molar refractivity (Wildman–Crippen MR) is 116 cm³/mol. The average molecular weight is 447 g/mol. The lowest BCUT2D eigenvalue weighted by Crippen LogP contribution is -2.54. The molecule has 4 aliphatic rings. The van der Waals surface area contributed by atoms with E-state index < -0.39 is 29.9 Å². The number of methoxy groups -OCH3 is 2. The van der Waals surface area contributed by atoms with Crippen LogP contribution in [0.4, 0.5) is 9.59 Å². The van der Waals surface area contributed by atoms with Crippen molar-refractivity contribution in [1.29, 1.82) is 0 Å². The molecule has 0 aromatic rings. The molecule has 4 rings (SSSR count). The molecular formula is C25H34O7. The Bertz CT molecular complexity index is 874. The molecule has 0 heterocycles. The van der Waals surface area contributed by atoms with E-state index in [1.807, 2.05) is 0 Å². The van der Waals surface area contributed by atoms with Gasteiger partial charge in [0.1, 0.15) is 18.0 Å². The molecule has 0 aromatic carbocycles. The Kier molecular flexibility index (Phi) is 5.88. The molecular weight excluding hydrogens is 412 g/mol. The Morgan fingerprint density at radius 1 is 0.938 bits per heavy atom. The van der Waals surface area contributed by atoms with Gasteiger partial charge in [-0.05, 0) is 49.9 Å². The van der Waals surface area contributed by atoms with Crippen LogP contribution < -0.4 is 0 Å². The highest BCUT2D eigenvalue weighted by Gasteiger charge is 2.60. The van der Waals surface area contributed by atoms with E-state index in [1.165, 1.54) is 19.8 Å². The van der Waals surface area contributed by atoms with Crippen LogP contribution in [-0.2, 0) is 23.7 Å². The standard InChI is InChI=1S/C25H34O7/c1-14(26)18-8-9-19-17-7-6-15-12-16(31-22(27)29-4)13-21(32-23(28)30-5)25(15,3)20(17)10-11-24(18,19)2/h6-7,16,18-21H,8-13H2,1-5H3/t16-,18-,19+,20+,21+,24-,25+/m1/s1. The first-order valence-corrected chi connectivity index (χ1v) is 11.6. The normalized spacial score (nSPS) is 40.0. The molecule has 3 fully saturated rings. The highest BCUT2D eigenvalue weighted by molar-refractivity contribution is 5.79. The zero-order valence-electron chi connectivity index (χ0n) is 19.6. The molecule has 176 valence electrons. The Morgan fingerprint density at radius 2 is 1.62 bits per heavy atom. The van der Waals surface area contributed by atoms with Crippen molar-refractivity contribution in [1.82, 2.24) is 0 Å². The SMILES string of the molecule is COC(=O)O[C@@H]1CC2=CC=C3[C@@H]4CC[C@H](C(C)=O)[C@@]4(C)CC[C@@H]3[C@@]2(C)[C@@H](OC(=O)OC)C1. The van der Waals surface area contributed by atoms with Crippen LogP contribution in [0.1, 0.15) is 59.3 Å². The third kappa shape index (κ3) is 3.44. The predicted octanol–water partition coefficient (Wildman–Crippen LogP) is 4.99. The molecule has 0 unspecified atom stereocenters. The van der Waals surface area contributed by atoms with Gasteiger partial charge in [-0.15, -0.1) is 0 Å². The minimum absolute atomic E-state index is 0.0141. The van der Waals surface area contributed by atoms with E-state index in [1.54, 1.807) is 6.92 Å². The largest absolute Gasteiger partial charge is 0.508 e. The molecule has 0 aromatic heterocycles. The van der Waals surface area contributed by atoms with Crippen LogP contribution in [-0.4, -0.2) is 44.5 Å². The minimum Gasteiger partial charge on any atom is -0.438 e. The van der Waals surface area contributed by atoms with E-state index in [4.69, 9.17) is 14.2 Å². The number of allylic oxidation sites excluding steroid dienone is 3. The third-order valence-corrected chi connectivity index (χ3v) is 8.92. The van der Waals surface area contributed by atoms with Crippen molar-refractivity contribution in [2.24, 2.45) is 28.6 Å². The maximum atomic E-state index is 12.4. The van der Waals surface area contributed by atoms with Crippen molar-refractivity contribution in [3.05, 3.63) is 23.3 Å². The van der Waals surface area contributed by atoms with Crippen molar-refractivity contribution in [2.75, 3.05) is 14.2 Å². The Hall–Kier alpha value is -2.31. The van der Waals surface area contributed by atoms with Gasteiger partial charge in [-0.3, -0.25) is 4.79 Å². The average Bonchev–Trinajstić information content (AvgIpc) is 3.11. The summed E-state index contributed by atoms with van der Waals surface area (Å²) in [5.41, 5.74) is 2.06. The van der Waals surface area contributed by atoms with Gasteiger partial charge in [0.2, 0.25) is 0 Å². The van der Waals surface area contributed by atoms with Gasteiger partial charge in [0.05, 0.1) is 14.2 Å². The monoisotopic (exact) mass is 446 g/mol. The number of hydrogen-bond donors (Lipinski definition) is 0. The molecule has 0 amide bonds. The van der Waals surface area contributed by atoms with E-state index in [0.717, 1.165) is 31.3 Å². The number of ether oxygens (including phenoxy) is 4. The number of hydrogen-bond acceptors (Lipinski definition) is 7. The fourth-order valence-corrected chi connectivity index (χ4v) is 7.28. The zero-order valence-corrected chi connectivity index (χ0v) is 19.6. The number of ketones is 1. The zero-order chi connectivity index (χ0) is 23.3. The smallest absolute Gasteiger partial charge is 0.438 e. The maximum absolute atomic E-state index is 12.4. The van der Waals surface area contributed by atoms with Crippen molar-refractivity contribution in [3.8, 4) is 0 Å². The summed E-state index contributed by atoms with van der Waals surface area (Å²) in [7, 11) is 2.58. The molecule has 0 saturated heterocycles. The summed E-state index contributed by atoms with van der Waals surface area (Å²) in [6.07, 6.45) is 6.76. The van der Waals surface area contributed by atoms with Gasteiger partial charge in [-0.2, -0.15) is 0 Å². The van der Waals surface area contributed by atoms with Crippen LogP contribution in [0.2, 0.25) is 0 Å². The van der Waals surface area contributed by atoms with Crippen LogP contribution in [0.15, 0.2) is 23.3 Å². The van der Waals surface area contributed by atoms with Gasteiger partial charge in [-0.25, -0.2) is 9.59 Å². The minimum atomic E-state index is -0.738. The number of carbonyl (C=O) groups is 3. The fourth-order valence-electron chi connectivity index (χ4n) is 7.28. The summed E-state index contributed by atoms with van der Waals surface area (Å²) >= 11 is 0. The van der Waals surface area contributed by atoms with E-state index in [9.17, 15) is 14.4 Å². The number of Topliss-reactive ketones (excluding diaryl/α,β-unsaturated/α-hetero) is 1. The van der Waals surface area contributed by atoms with Crippen molar-refractivity contribution >= 4 is 18.1 Å². The summed E-state index contributed by atoms with van der Waals surface area (Å²) < 4.78 is 20.7. The molecule has 32 heavy (non-hydrogen) atoms. The second kappa shape index (κ2) is 8.23. The lowest BCUT2D eigenvalue weighted by molar-refractivity contribution is -0.125. The molecule has 4 aliphatic carbocycles. The van der Waals surface area contributed by atoms with Gasteiger partial charge in [0.15, 0.2) is 0 Å². The van der Waals surface area contributed by atoms with Crippen LogP contribution in [0.3, 0.4) is 0 Å². The third-order valence-electron chi connectivity index (χ3n) is 8.92. The Morgan fingerprint density at radius 3 is 2.28 bits per heavy atom. The van der Waals surface area contributed by atoms with Gasteiger partial charge >= 0.3 is 12.3 Å². The van der Waals surface area contributed by atoms with Gasteiger partial charge in [0.25, 0.3) is 0 Å². The second-order valence-corrected chi connectivity index (χ2v) is 10.2. The summed E-state index contributed by atoms with van der Waals surface area (Å²) in [5.74, 6) is 0.964.